The maximum absolute atomic E-state index is 12.7. The van der Waals surface area contributed by atoms with E-state index >= 15 is 0 Å². The predicted molar refractivity (Wildman–Crippen MR) is 103 cm³/mol. The van der Waals surface area contributed by atoms with E-state index in [4.69, 9.17) is 0 Å². The first kappa shape index (κ1) is 18.2. The van der Waals surface area contributed by atoms with Crippen LogP contribution >= 0.6 is 0 Å². The number of hydrogen-bond donors (Lipinski definition) is 1. The van der Waals surface area contributed by atoms with Gasteiger partial charge in [-0.25, -0.2) is 4.98 Å². The predicted octanol–water partition coefficient (Wildman–Crippen LogP) is 3.52. The molecule has 1 aromatic heterocycles. The Hall–Kier alpha value is -1.62. The Balaban J connectivity index is 1.63. The Kier molecular flexibility index (Phi) is 5.62. The zero-order valence-electron chi connectivity index (χ0n) is 15.9. The Morgan fingerprint density at radius 3 is 2.48 bits per heavy atom. The van der Waals surface area contributed by atoms with Crippen molar-refractivity contribution in [1.82, 2.24) is 9.88 Å². The summed E-state index contributed by atoms with van der Waals surface area (Å²) in [6.07, 6.45) is 7.37. The van der Waals surface area contributed by atoms with Crippen LogP contribution in [-0.4, -0.2) is 48.0 Å². The van der Waals surface area contributed by atoms with Gasteiger partial charge < -0.3 is 10.2 Å². The van der Waals surface area contributed by atoms with Crippen molar-refractivity contribution < 1.29 is 4.79 Å². The monoisotopic (exact) mass is 344 g/mol. The fraction of sp³-hybridized carbons (Fsp3) is 0.700. The summed E-state index contributed by atoms with van der Waals surface area (Å²) in [5.41, 5.74) is 0.651. The average molecular weight is 345 g/mol. The van der Waals surface area contributed by atoms with Gasteiger partial charge in [0, 0.05) is 55.6 Å². The van der Waals surface area contributed by atoms with Crippen LogP contribution < -0.4 is 10.2 Å². The molecular weight excluding hydrogens is 312 g/mol. The molecule has 2 fully saturated rings. The van der Waals surface area contributed by atoms with Crippen LogP contribution in [0.2, 0.25) is 0 Å². The molecule has 5 heteroatoms. The molecule has 138 valence electrons. The van der Waals surface area contributed by atoms with Gasteiger partial charge in [-0.05, 0) is 32.8 Å². The van der Waals surface area contributed by atoms with E-state index in [-0.39, 0.29) is 11.3 Å². The summed E-state index contributed by atoms with van der Waals surface area (Å²) in [6, 6.07) is 4.52. The standard InChI is InChI=1S/C20H32N4O/c1-16(2)23-11-13-24(14-12-23)18-15-17(7-10-21-18)22-19(25)20(3)8-5-4-6-9-20/h7,10,15-16H,4-6,8-9,11-14H2,1-3H3,(H,21,22,25). The molecule has 0 aromatic carbocycles. The van der Waals surface area contributed by atoms with E-state index in [2.05, 4.69) is 40.9 Å². The van der Waals surface area contributed by atoms with Crippen molar-refractivity contribution in [2.75, 3.05) is 36.4 Å². The summed E-state index contributed by atoms with van der Waals surface area (Å²) in [7, 11) is 0. The van der Waals surface area contributed by atoms with Crippen molar-refractivity contribution in [3.63, 3.8) is 0 Å². The molecule has 25 heavy (non-hydrogen) atoms. The Bertz CT molecular complexity index is 587. The van der Waals surface area contributed by atoms with Crippen molar-refractivity contribution >= 4 is 17.4 Å². The minimum Gasteiger partial charge on any atom is -0.354 e. The molecule has 1 aliphatic heterocycles. The topological polar surface area (TPSA) is 48.5 Å². The van der Waals surface area contributed by atoms with Crippen LogP contribution in [0, 0.1) is 5.41 Å². The fourth-order valence-electron chi connectivity index (χ4n) is 3.98. The Morgan fingerprint density at radius 1 is 1.16 bits per heavy atom. The van der Waals surface area contributed by atoms with Gasteiger partial charge in [0.2, 0.25) is 5.91 Å². The summed E-state index contributed by atoms with van der Waals surface area (Å²) in [6.45, 7) is 10.7. The minimum atomic E-state index is -0.218. The molecule has 1 saturated heterocycles. The van der Waals surface area contributed by atoms with E-state index in [0.29, 0.717) is 6.04 Å². The maximum Gasteiger partial charge on any atom is 0.230 e. The number of pyridine rings is 1. The fourth-order valence-corrected chi connectivity index (χ4v) is 3.98. The highest BCUT2D eigenvalue weighted by molar-refractivity contribution is 5.95. The third-order valence-electron chi connectivity index (χ3n) is 5.88. The van der Waals surface area contributed by atoms with Crippen molar-refractivity contribution in [3.05, 3.63) is 18.3 Å². The van der Waals surface area contributed by atoms with Crippen molar-refractivity contribution in [2.24, 2.45) is 5.41 Å². The highest BCUT2D eigenvalue weighted by Gasteiger charge is 2.34. The first-order valence-electron chi connectivity index (χ1n) is 9.74. The molecule has 3 rings (SSSR count). The largest absolute Gasteiger partial charge is 0.354 e. The molecule has 1 N–H and O–H groups in total. The normalized spacial score (nSPS) is 21.4. The van der Waals surface area contributed by atoms with Gasteiger partial charge in [-0.1, -0.05) is 26.2 Å². The molecular formula is C20H32N4O. The van der Waals surface area contributed by atoms with E-state index in [9.17, 15) is 4.79 Å². The van der Waals surface area contributed by atoms with Gasteiger partial charge in [-0.15, -0.1) is 0 Å². The zero-order chi connectivity index (χ0) is 17.9. The number of hydrogen-bond acceptors (Lipinski definition) is 4. The molecule has 1 aromatic rings. The number of carbonyl (C=O) groups excluding carboxylic acids is 1. The first-order chi connectivity index (χ1) is 12.0. The summed E-state index contributed by atoms with van der Waals surface area (Å²) in [4.78, 5) is 22.1. The molecule has 0 spiro atoms. The number of anilines is 2. The lowest BCUT2D eigenvalue weighted by atomic mass is 9.75. The molecule has 0 unspecified atom stereocenters. The van der Waals surface area contributed by atoms with Crippen LogP contribution in [-0.2, 0) is 4.79 Å². The Labute approximate surface area is 151 Å². The SMILES string of the molecule is CC(C)N1CCN(c2cc(NC(=O)C3(C)CCCCC3)ccn2)CC1. The molecule has 0 radical (unpaired) electrons. The average Bonchev–Trinajstić information content (AvgIpc) is 2.62. The molecule has 2 heterocycles. The van der Waals surface area contributed by atoms with Gasteiger partial charge in [0.1, 0.15) is 5.82 Å². The second-order valence-electron chi connectivity index (χ2n) is 8.09. The number of piperazine rings is 1. The van der Waals surface area contributed by atoms with Crippen LogP contribution in [0.25, 0.3) is 0 Å². The van der Waals surface area contributed by atoms with Gasteiger partial charge in [0.25, 0.3) is 0 Å². The number of nitrogens with one attached hydrogen (secondary N) is 1. The van der Waals surface area contributed by atoms with E-state index in [1.54, 1.807) is 0 Å². The van der Waals surface area contributed by atoms with Gasteiger partial charge in [0.05, 0.1) is 0 Å². The van der Waals surface area contributed by atoms with Gasteiger partial charge in [0.15, 0.2) is 0 Å². The van der Waals surface area contributed by atoms with E-state index in [1.165, 1.54) is 6.42 Å². The highest BCUT2D eigenvalue weighted by Crippen LogP contribution is 2.36. The summed E-state index contributed by atoms with van der Waals surface area (Å²) in [5.74, 6) is 1.13. The van der Waals surface area contributed by atoms with E-state index in [0.717, 1.165) is 63.4 Å². The number of aromatic nitrogens is 1. The molecule has 1 amide bonds. The number of amides is 1. The quantitative estimate of drug-likeness (QED) is 0.908. The first-order valence-corrected chi connectivity index (χ1v) is 9.74. The third kappa shape index (κ3) is 4.32. The van der Waals surface area contributed by atoms with Gasteiger partial charge in [-0.2, -0.15) is 0 Å². The minimum absolute atomic E-state index is 0.161. The van der Waals surface area contributed by atoms with Gasteiger partial charge in [-0.3, -0.25) is 9.69 Å². The maximum atomic E-state index is 12.7. The van der Waals surface area contributed by atoms with Crippen molar-refractivity contribution in [2.45, 2.75) is 58.9 Å². The Morgan fingerprint density at radius 2 is 1.84 bits per heavy atom. The summed E-state index contributed by atoms with van der Waals surface area (Å²) < 4.78 is 0. The third-order valence-corrected chi connectivity index (χ3v) is 5.88. The smallest absolute Gasteiger partial charge is 0.230 e. The number of nitrogens with zero attached hydrogens (tertiary/aromatic N) is 3. The molecule has 0 bridgehead atoms. The van der Waals surface area contributed by atoms with Crippen molar-refractivity contribution in [1.29, 1.82) is 0 Å². The molecule has 1 saturated carbocycles. The second-order valence-corrected chi connectivity index (χ2v) is 8.09. The lowest BCUT2D eigenvalue weighted by molar-refractivity contribution is -0.126. The van der Waals surface area contributed by atoms with Crippen LogP contribution in [0.4, 0.5) is 11.5 Å². The van der Waals surface area contributed by atoms with Crippen LogP contribution in [0.5, 0.6) is 0 Å². The lowest BCUT2D eigenvalue weighted by Gasteiger charge is -2.37. The van der Waals surface area contributed by atoms with Crippen LogP contribution in [0.15, 0.2) is 18.3 Å². The van der Waals surface area contributed by atoms with Crippen LogP contribution in [0.3, 0.4) is 0 Å². The number of carbonyl (C=O) groups is 1. The molecule has 5 nitrogen and oxygen atoms in total. The molecule has 2 aliphatic rings. The molecule has 0 atom stereocenters. The van der Waals surface area contributed by atoms with E-state index < -0.39 is 0 Å². The summed E-state index contributed by atoms with van der Waals surface area (Å²) in [5, 5.41) is 3.14. The van der Waals surface area contributed by atoms with Crippen molar-refractivity contribution in [3.8, 4) is 0 Å². The van der Waals surface area contributed by atoms with Gasteiger partial charge >= 0.3 is 0 Å². The van der Waals surface area contributed by atoms with Crippen LogP contribution in [0.1, 0.15) is 52.9 Å². The molecule has 1 aliphatic carbocycles. The highest BCUT2D eigenvalue weighted by atomic mass is 16.2. The summed E-state index contributed by atoms with van der Waals surface area (Å²) >= 11 is 0. The second kappa shape index (κ2) is 7.73. The zero-order valence-corrected chi connectivity index (χ0v) is 15.9. The van der Waals surface area contributed by atoms with E-state index in [1.807, 2.05) is 18.3 Å². The lowest BCUT2D eigenvalue weighted by Crippen LogP contribution is -2.49. The number of rotatable bonds is 4.